The van der Waals surface area contributed by atoms with Gasteiger partial charge in [-0.1, -0.05) is 6.07 Å². The number of sulfonamides is 1. The Bertz CT molecular complexity index is 672. The number of carboxylic acid groups (broad SMARTS) is 1. The molecule has 0 amide bonds. The van der Waals surface area contributed by atoms with Gasteiger partial charge in [-0.15, -0.1) is 11.8 Å². The van der Waals surface area contributed by atoms with Crippen molar-refractivity contribution in [1.29, 1.82) is 0 Å². The Hall–Kier alpha value is -1.05. The highest BCUT2D eigenvalue weighted by Gasteiger charge is 2.40. The van der Waals surface area contributed by atoms with Crippen LogP contribution in [0.2, 0.25) is 0 Å². The number of aryl methyl sites for hydroxylation is 2. The second-order valence-corrected chi connectivity index (χ2v) is 8.27. The van der Waals surface area contributed by atoms with Crippen LogP contribution in [0.4, 0.5) is 0 Å². The molecule has 2 aliphatic rings. The summed E-state index contributed by atoms with van der Waals surface area (Å²) >= 11 is 1.33. The van der Waals surface area contributed by atoms with Crippen LogP contribution in [0.3, 0.4) is 0 Å². The average molecular weight is 327 g/mol. The summed E-state index contributed by atoms with van der Waals surface area (Å²) in [5.74, 6) is -0.572. The largest absolute Gasteiger partial charge is 0.480 e. The van der Waals surface area contributed by atoms with Gasteiger partial charge in [0.25, 0.3) is 0 Å². The van der Waals surface area contributed by atoms with Crippen molar-refractivity contribution in [2.45, 2.75) is 36.6 Å². The lowest BCUT2D eigenvalue weighted by molar-refractivity contribution is -0.140. The normalized spacial score (nSPS) is 23.0. The first-order valence-electron chi connectivity index (χ1n) is 6.94. The third-order valence-electron chi connectivity index (χ3n) is 4.05. The zero-order valence-electron chi connectivity index (χ0n) is 11.5. The van der Waals surface area contributed by atoms with Crippen LogP contribution < -0.4 is 0 Å². The Labute approximate surface area is 128 Å². The van der Waals surface area contributed by atoms with Crippen LogP contribution in [0.25, 0.3) is 0 Å². The zero-order valence-corrected chi connectivity index (χ0v) is 13.1. The third-order valence-corrected chi connectivity index (χ3v) is 7.08. The monoisotopic (exact) mass is 327 g/mol. The molecule has 0 unspecified atom stereocenters. The highest BCUT2D eigenvalue weighted by Crippen LogP contribution is 2.30. The molecule has 114 valence electrons. The summed E-state index contributed by atoms with van der Waals surface area (Å²) in [5, 5.41) is 9.17. The first-order chi connectivity index (χ1) is 10.00. The number of benzene rings is 1. The number of rotatable bonds is 3. The van der Waals surface area contributed by atoms with Crippen molar-refractivity contribution in [2.24, 2.45) is 0 Å². The van der Waals surface area contributed by atoms with E-state index in [0.29, 0.717) is 5.75 Å². The smallest absolute Gasteiger partial charge is 0.322 e. The van der Waals surface area contributed by atoms with Gasteiger partial charge in [0, 0.05) is 5.75 Å². The van der Waals surface area contributed by atoms with Crippen LogP contribution in [0.5, 0.6) is 0 Å². The van der Waals surface area contributed by atoms with Gasteiger partial charge in [0.05, 0.1) is 10.8 Å². The summed E-state index contributed by atoms with van der Waals surface area (Å²) in [6.07, 6.45) is 4.11. The Morgan fingerprint density at radius 2 is 1.95 bits per heavy atom. The molecule has 0 bridgehead atoms. The molecule has 1 aromatic carbocycles. The predicted molar refractivity (Wildman–Crippen MR) is 80.9 cm³/mol. The van der Waals surface area contributed by atoms with E-state index in [-0.39, 0.29) is 10.8 Å². The molecule has 1 N–H and O–H groups in total. The minimum atomic E-state index is -3.73. The summed E-state index contributed by atoms with van der Waals surface area (Å²) in [6.45, 7) is 0. The van der Waals surface area contributed by atoms with Crippen molar-refractivity contribution in [3.63, 3.8) is 0 Å². The van der Waals surface area contributed by atoms with E-state index in [2.05, 4.69) is 0 Å². The fourth-order valence-corrected chi connectivity index (χ4v) is 6.05. The van der Waals surface area contributed by atoms with Crippen molar-refractivity contribution in [3.8, 4) is 0 Å². The first-order valence-corrected chi connectivity index (χ1v) is 9.54. The predicted octanol–water partition coefficient (Wildman–Crippen LogP) is 1.71. The van der Waals surface area contributed by atoms with Gasteiger partial charge in [-0.05, 0) is 48.9 Å². The van der Waals surface area contributed by atoms with Gasteiger partial charge in [0.1, 0.15) is 6.04 Å². The Kier molecular flexibility index (Phi) is 3.98. The standard InChI is InChI=1S/C14H17NO4S2/c16-14(17)13-8-20-9-15(13)21(18,19)12-6-5-10-3-1-2-4-11(10)7-12/h5-7,13H,1-4,8-9H2,(H,16,17)/t13-/m0/s1. The van der Waals surface area contributed by atoms with Gasteiger partial charge in [-0.25, -0.2) is 8.42 Å². The molecule has 21 heavy (non-hydrogen) atoms. The van der Waals surface area contributed by atoms with Gasteiger partial charge in [0.15, 0.2) is 0 Å². The summed E-state index contributed by atoms with van der Waals surface area (Å²) in [4.78, 5) is 11.4. The Morgan fingerprint density at radius 1 is 1.24 bits per heavy atom. The van der Waals surface area contributed by atoms with Crippen LogP contribution in [-0.2, 0) is 27.7 Å². The molecule has 0 spiro atoms. The lowest BCUT2D eigenvalue weighted by Crippen LogP contribution is -2.41. The number of fused-ring (bicyclic) bond motifs is 1. The molecule has 1 aliphatic heterocycles. The number of nitrogens with zero attached hydrogens (tertiary/aromatic N) is 1. The second kappa shape index (κ2) is 5.62. The van der Waals surface area contributed by atoms with Crippen LogP contribution in [-0.4, -0.2) is 41.5 Å². The maximum Gasteiger partial charge on any atom is 0.322 e. The van der Waals surface area contributed by atoms with E-state index in [1.54, 1.807) is 12.1 Å². The maximum absolute atomic E-state index is 12.7. The Morgan fingerprint density at radius 3 is 2.67 bits per heavy atom. The van der Waals surface area contributed by atoms with Crippen molar-refractivity contribution < 1.29 is 18.3 Å². The fourth-order valence-electron chi connectivity index (χ4n) is 2.86. The zero-order chi connectivity index (χ0) is 15.0. The van der Waals surface area contributed by atoms with E-state index >= 15 is 0 Å². The highest BCUT2D eigenvalue weighted by atomic mass is 32.2. The molecule has 0 radical (unpaired) electrons. The number of thioether (sulfide) groups is 1. The van der Waals surface area contributed by atoms with E-state index in [1.807, 2.05) is 6.07 Å². The molecule has 7 heteroatoms. The van der Waals surface area contributed by atoms with Gasteiger partial charge >= 0.3 is 5.97 Å². The van der Waals surface area contributed by atoms with Gasteiger partial charge in [0.2, 0.25) is 10.0 Å². The molecule has 1 atom stereocenters. The van der Waals surface area contributed by atoms with Gasteiger partial charge < -0.3 is 5.11 Å². The second-order valence-electron chi connectivity index (χ2n) is 5.38. The number of carbonyl (C=O) groups is 1. The summed E-state index contributed by atoms with van der Waals surface area (Å²) in [7, 11) is -3.73. The minimum absolute atomic E-state index is 0.205. The van der Waals surface area contributed by atoms with Gasteiger partial charge in [-0.2, -0.15) is 4.31 Å². The van der Waals surface area contributed by atoms with Crippen LogP contribution in [0.15, 0.2) is 23.1 Å². The van der Waals surface area contributed by atoms with E-state index in [1.165, 1.54) is 17.3 Å². The lowest BCUT2D eigenvalue weighted by Gasteiger charge is -2.22. The number of aliphatic carboxylic acids is 1. The van der Waals surface area contributed by atoms with Gasteiger partial charge in [-0.3, -0.25) is 4.79 Å². The minimum Gasteiger partial charge on any atom is -0.480 e. The Balaban J connectivity index is 1.96. The molecule has 1 aliphatic carbocycles. The fraction of sp³-hybridized carbons (Fsp3) is 0.500. The first kappa shape index (κ1) is 14.9. The molecule has 5 nitrogen and oxygen atoms in total. The third kappa shape index (κ3) is 2.69. The van der Waals surface area contributed by atoms with Crippen molar-refractivity contribution in [1.82, 2.24) is 4.31 Å². The molecule has 0 aromatic heterocycles. The SMILES string of the molecule is O=C(O)[C@@H]1CSCN1S(=O)(=O)c1ccc2c(c1)CCCC2. The molecule has 0 saturated carbocycles. The molecule has 1 aromatic rings. The van der Waals surface area contributed by atoms with E-state index in [9.17, 15) is 13.2 Å². The molecule has 3 rings (SSSR count). The van der Waals surface area contributed by atoms with E-state index < -0.39 is 22.0 Å². The number of hydrogen-bond acceptors (Lipinski definition) is 4. The van der Waals surface area contributed by atoms with Crippen molar-refractivity contribution >= 4 is 27.8 Å². The van der Waals surface area contributed by atoms with Crippen LogP contribution >= 0.6 is 11.8 Å². The topological polar surface area (TPSA) is 74.7 Å². The van der Waals surface area contributed by atoms with E-state index in [0.717, 1.165) is 35.6 Å². The summed E-state index contributed by atoms with van der Waals surface area (Å²) < 4.78 is 26.5. The maximum atomic E-state index is 12.7. The summed E-state index contributed by atoms with van der Waals surface area (Å²) in [6, 6.07) is 4.25. The van der Waals surface area contributed by atoms with Crippen LogP contribution in [0.1, 0.15) is 24.0 Å². The highest BCUT2D eigenvalue weighted by molar-refractivity contribution is 8.00. The van der Waals surface area contributed by atoms with Crippen molar-refractivity contribution in [3.05, 3.63) is 29.3 Å². The molecular formula is C14H17NO4S2. The quantitative estimate of drug-likeness (QED) is 0.915. The average Bonchev–Trinajstić information content (AvgIpc) is 2.97. The molecular weight excluding hydrogens is 310 g/mol. The van der Waals surface area contributed by atoms with Crippen LogP contribution in [0, 0.1) is 0 Å². The number of carboxylic acids is 1. The lowest BCUT2D eigenvalue weighted by atomic mass is 9.92. The molecule has 1 fully saturated rings. The molecule has 1 saturated heterocycles. The van der Waals surface area contributed by atoms with E-state index in [4.69, 9.17) is 5.11 Å². The van der Waals surface area contributed by atoms with Crippen molar-refractivity contribution in [2.75, 3.05) is 11.6 Å². The number of hydrogen-bond donors (Lipinski definition) is 1. The molecule has 1 heterocycles. The summed E-state index contributed by atoms with van der Waals surface area (Å²) in [5.41, 5.74) is 2.30.